The van der Waals surface area contributed by atoms with Gasteiger partial charge >= 0.3 is 12.1 Å². The molecule has 2 aliphatic heterocycles. The SMILES string of the molecule is Cc1nc(CN2C(=O)C[C@H]3[C@H]2CCN3Cc2cccs2)cs1.O=C(O)C(F)(F)F. The van der Waals surface area contributed by atoms with Gasteiger partial charge in [0.1, 0.15) is 0 Å². The van der Waals surface area contributed by atoms with Crippen LogP contribution in [0, 0.1) is 6.92 Å². The molecule has 11 heteroatoms. The molecule has 0 saturated carbocycles. The van der Waals surface area contributed by atoms with Crippen molar-refractivity contribution in [1.29, 1.82) is 0 Å². The van der Waals surface area contributed by atoms with Gasteiger partial charge in [0.2, 0.25) is 5.91 Å². The second-order valence-electron chi connectivity index (χ2n) is 6.86. The summed E-state index contributed by atoms with van der Waals surface area (Å²) in [5, 5.41) is 12.4. The van der Waals surface area contributed by atoms with Crippen molar-refractivity contribution >= 4 is 34.6 Å². The van der Waals surface area contributed by atoms with E-state index in [0.717, 1.165) is 30.2 Å². The Labute approximate surface area is 173 Å². The first-order valence-corrected chi connectivity index (χ1v) is 10.7. The molecule has 2 atom stereocenters. The van der Waals surface area contributed by atoms with Gasteiger partial charge in [-0.1, -0.05) is 6.07 Å². The molecule has 0 bridgehead atoms. The first kappa shape index (κ1) is 21.7. The van der Waals surface area contributed by atoms with Gasteiger partial charge in [-0.05, 0) is 24.8 Å². The van der Waals surface area contributed by atoms with Crippen molar-refractivity contribution in [3.8, 4) is 0 Å². The van der Waals surface area contributed by atoms with Crippen molar-refractivity contribution in [2.24, 2.45) is 0 Å². The minimum atomic E-state index is -5.08. The summed E-state index contributed by atoms with van der Waals surface area (Å²) in [5.41, 5.74) is 1.04. The third-order valence-corrected chi connectivity index (χ3v) is 6.59. The summed E-state index contributed by atoms with van der Waals surface area (Å²) < 4.78 is 31.7. The maximum absolute atomic E-state index is 12.4. The van der Waals surface area contributed by atoms with Gasteiger partial charge in [-0.3, -0.25) is 9.69 Å². The molecule has 1 amide bonds. The number of nitrogens with zero attached hydrogens (tertiary/aromatic N) is 3. The number of aliphatic carboxylic acids is 1. The lowest BCUT2D eigenvalue weighted by Crippen LogP contribution is -2.36. The largest absolute Gasteiger partial charge is 0.490 e. The fourth-order valence-corrected chi connectivity index (χ4v) is 5.00. The summed E-state index contributed by atoms with van der Waals surface area (Å²) in [6.45, 7) is 4.77. The Morgan fingerprint density at radius 2 is 2.03 bits per heavy atom. The van der Waals surface area contributed by atoms with Crippen molar-refractivity contribution < 1.29 is 27.9 Å². The summed E-state index contributed by atoms with van der Waals surface area (Å²) in [6.07, 6.45) is -3.33. The molecule has 0 radical (unpaired) electrons. The standard InChI is InChI=1S/C16H19N3OS2.C2HF3O2/c1-11-17-12(10-22-11)8-19-14-4-5-18(15(14)7-16(19)20)9-13-3-2-6-21-13;3-2(4,5)1(6)7/h2-3,6,10,14-15H,4-5,7-9H2,1H3;(H,6,7)/t14-,15+;/m1./s1. The zero-order valence-corrected chi connectivity index (χ0v) is 17.2. The van der Waals surface area contributed by atoms with Crippen LogP contribution in [0.25, 0.3) is 0 Å². The molecule has 4 rings (SSSR count). The number of thiophene rings is 1. The van der Waals surface area contributed by atoms with Gasteiger partial charge in [-0.2, -0.15) is 13.2 Å². The van der Waals surface area contributed by atoms with Crippen LogP contribution in [0.5, 0.6) is 0 Å². The van der Waals surface area contributed by atoms with Gasteiger partial charge in [0.05, 0.1) is 17.2 Å². The minimum Gasteiger partial charge on any atom is -0.475 e. The first-order valence-electron chi connectivity index (χ1n) is 8.92. The van der Waals surface area contributed by atoms with E-state index >= 15 is 0 Å². The maximum atomic E-state index is 12.4. The van der Waals surface area contributed by atoms with E-state index in [1.54, 1.807) is 22.7 Å². The molecule has 2 fully saturated rings. The number of aromatic nitrogens is 1. The van der Waals surface area contributed by atoms with Crippen molar-refractivity contribution in [3.63, 3.8) is 0 Å². The van der Waals surface area contributed by atoms with Crippen LogP contribution < -0.4 is 0 Å². The van der Waals surface area contributed by atoms with E-state index in [2.05, 4.69) is 37.7 Å². The van der Waals surface area contributed by atoms with Gasteiger partial charge in [-0.25, -0.2) is 9.78 Å². The molecule has 158 valence electrons. The molecule has 0 aliphatic carbocycles. The number of carboxylic acids is 1. The maximum Gasteiger partial charge on any atom is 0.490 e. The summed E-state index contributed by atoms with van der Waals surface area (Å²) in [7, 11) is 0. The molecule has 0 aromatic carbocycles. The molecule has 2 aliphatic rings. The number of amides is 1. The number of carbonyl (C=O) groups excluding carboxylic acids is 1. The lowest BCUT2D eigenvalue weighted by molar-refractivity contribution is -0.192. The number of fused-ring (bicyclic) bond motifs is 1. The highest BCUT2D eigenvalue weighted by molar-refractivity contribution is 7.10. The van der Waals surface area contributed by atoms with Gasteiger partial charge in [-0.15, -0.1) is 22.7 Å². The van der Waals surface area contributed by atoms with Crippen LogP contribution in [0.3, 0.4) is 0 Å². The second-order valence-corrected chi connectivity index (χ2v) is 8.95. The molecule has 1 N–H and O–H groups in total. The monoisotopic (exact) mass is 447 g/mol. The third kappa shape index (κ3) is 5.34. The summed E-state index contributed by atoms with van der Waals surface area (Å²) in [5.74, 6) is -2.47. The van der Waals surface area contributed by atoms with E-state index in [9.17, 15) is 18.0 Å². The number of carbonyl (C=O) groups is 2. The topological polar surface area (TPSA) is 73.7 Å². The highest BCUT2D eigenvalue weighted by atomic mass is 32.1. The number of aryl methyl sites for hydroxylation is 1. The first-order chi connectivity index (χ1) is 13.6. The van der Waals surface area contributed by atoms with Crippen molar-refractivity contribution in [2.45, 2.75) is 51.1 Å². The minimum absolute atomic E-state index is 0.288. The Kier molecular flexibility index (Phi) is 6.59. The zero-order chi connectivity index (χ0) is 21.2. The second kappa shape index (κ2) is 8.80. The number of alkyl halides is 3. The summed E-state index contributed by atoms with van der Waals surface area (Å²) in [6, 6.07) is 5.04. The number of hydrogen-bond donors (Lipinski definition) is 1. The molecule has 2 aromatic rings. The van der Waals surface area contributed by atoms with E-state index in [1.807, 2.05) is 6.92 Å². The number of carboxylic acid groups (broad SMARTS) is 1. The van der Waals surface area contributed by atoms with Crippen LogP contribution >= 0.6 is 22.7 Å². The molecule has 6 nitrogen and oxygen atoms in total. The number of rotatable bonds is 4. The zero-order valence-electron chi connectivity index (χ0n) is 15.6. The van der Waals surface area contributed by atoms with Crippen LogP contribution in [0.15, 0.2) is 22.9 Å². The normalized spacial score (nSPS) is 21.8. The van der Waals surface area contributed by atoms with E-state index in [-0.39, 0.29) is 5.91 Å². The Morgan fingerprint density at radius 3 is 2.59 bits per heavy atom. The smallest absolute Gasteiger partial charge is 0.475 e. The van der Waals surface area contributed by atoms with E-state index in [1.165, 1.54) is 4.88 Å². The molecular formula is C18H20F3N3O3S2. The quantitative estimate of drug-likeness (QED) is 0.776. The molecule has 29 heavy (non-hydrogen) atoms. The number of hydrogen-bond acceptors (Lipinski definition) is 6. The van der Waals surface area contributed by atoms with Crippen LogP contribution in [0.1, 0.15) is 28.4 Å². The van der Waals surface area contributed by atoms with Crippen LogP contribution in [-0.2, 0) is 22.7 Å². The van der Waals surface area contributed by atoms with Gasteiger partial charge in [0.15, 0.2) is 0 Å². The lowest BCUT2D eigenvalue weighted by Gasteiger charge is -2.24. The van der Waals surface area contributed by atoms with Gasteiger partial charge in [0, 0.05) is 41.9 Å². The predicted molar refractivity (Wildman–Crippen MR) is 103 cm³/mol. The number of halogens is 3. The average Bonchev–Trinajstić information content (AvgIpc) is 3.39. The fraction of sp³-hybridized carbons (Fsp3) is 0.500. The fourth-order valence-electron chi connectivity index (χ4n) is 3.67. The molecule has 2 saturated heterocycles. The van der Waals surface area contributed by atoms with Crippen LogP contribution in [0.2, 0.25) is 0 Å². The van der Waals surface area contributed by atoms with Crippen molar-refractivity contribution in [1.82, 2.24) is 14.8 Å². The Bertz CT molecular complexity index is 854. The number of likely N-dealkylation sites (tertiary alicyclic amines) is 2. The highest BCUT2D eigenvalue weighted by Gasteiger charge is 2.46. The van der Waals surface area contributed by atoms with Crippen LogP contribution in [0.4, 0.5) is 13.2 Å². The molecular weight excluding hydrogens is 427 g/mol. The van der Waals surface area contributed by atoms with E-state index in [0.29, 0.717) is 25.0 Å². The van der Waals surface area contributed by atoms with Crippen LogP contribution in [-0.4, -0.2) is 56.6 Å². The summed E-state index contributed by atoms with van der Waals surface area (Å²) >= 11 is 3.46. The molecule has 2 aromatic heterocycles. The number of thiazole rings is 1. The predicted octanol–water partition coefficient (Wildman–Crippen LogP) is 3.52. The van der Waals surface area contributed by atoms with Gasteiger partial charge in [0.25, 0.3) is 0 Å². The van der Waals surface area contributed by atoms with Crippen molar-refractivity contribution in [2.75, 3.05) is 6.54 Å². The van der Waals surface area contributed by atoms with Gasteiger partial charge < -0.3 is 10.0 Å². The van der Waals surface area contributed by atoms with Crippen molar-refractivity contribution in [3.05, 3.63) is 38.5 Å². The Balaban J connectivity index is 0.000000298. The molecule has 0 unspecified atom stereocenters. The third-order valence-electron chi connectivity index (χ3n) is 4.91. The summed E-state index contributed by atoms with van der Waals surface area (Å²) in [4.78, 5) is 31.8. The average molecular weight is 448 g/mol. The highest BCUT2D eigenvalue weighted by Crippen LogP contribution is 2.35. The Hall–Kier alpha value is -1.98. The Morgan fingerprint density at radius 1 is 1.31 bits per heavy atom. The van der Waals surface area contributed by atoms with E-state index in [4.69, 9.17) is 9.90 Å². The van der Waals surface area contributed by atoms with E-state index < -0.39 is 12.1 Å². The molecule has 0 spiro atoms. The molecule has 4 heterocycles. The lowest BCUT2D eigenvalue weighted by atomic mass is 10.1.